The minimum Gasteiger partial charge on any atom is -0.335 e. The first-order valence-corrected chi connectivity index (χ1v) is 10.3. The first-order chi connectivity index (χ1) is 16.0. The van der Waals surface area contributed by atoms with Crippen molar-refractivity contribution in [3.63, 3.8) is 0 Å². The lowest BCUT2D eigenvalue weighted by Crippen LogP contribution is -2.40. The van der Waals surface area contributed by atoms with Crippen molar-refractivity contribution >= 4 is 28.8 Å². The molecule has 0 aliphatic carbocycles. The quantitative estimate of drug-likeness (QED) is 0.316. The predicted octanol–water partition coefficient (Wildman–Crippen LogP) is 2.85. The van der Waals surface area contributed by atoms with E-state index in [2.05, 4.69) is 26.0 Å². The number of nitrogens with one attached hydrogen (secondary N) is 3. The molecule has 4 rings (SSSR count). The second-order valence-electron chi connectivity index (χ2n) is 7.40. The van der Waals surface area contributed by atoms with Crippen LogP contribution in [0.3, 0.4) is 0 Å². The summed E-state index contributed by atoms with van der Waals surface area (Å²) >= 11 is 0. The Morgan fingerprint density at radius 1 is 0.970 bits per heavy atom. The largest absolute Gasteiger partial charge is 0.335 e. The average molecular weight is 439 g/mol. The molecule has 0 spiro atoms. The fourth-order valence-electron chi connectivity index (χ4n) is 3.40. The van der Waals surface area contributed by atoms with Gasteiger partial charge < -0.3 is 5.32 Å². The fraction of sp³-hybridized carbons (Fsp3) is 0.0800. The Morgan fingerprint density at radius 3 is 2.45 bits per heavy atom. The van der Waals surface area contributed by atoms with Gasteiger partial charge in [-0.3, -0.25) is 14.4 Å². The Labute approximate surface area is 189 Å². The van der Waals surface area contributed by atoms with Gasteiger partial charge in [-0.2, -0.15) is 10.2 Å². The number of amides is 2. The zero-order valence-electron chi connectivity index (χ0n) is 17.8. The van der Waals surface area contributed by atoms with Crippen LogP contribution in [-0.4, -0.2) is 28.2 Å². The Kier molecular flexibility index (Phi) is 6.36. The monoisotopic (exact) mass is 439 g/mol. The molecular weight excluding hydrogens is 418 g/mol. The number of H-pyrrole nitrogens is 1. The van der Waals surface area contributed by atoms with Gasteiger partial charge in [-0.05, 0) is 30.7 Å². The normalized spacial score (nSPS) is 11.9. The summed E-state index contributed by atoms with van der Waals surface area (Å²) in [5.74, 6) is -1.07. The van der Waals surface area contributed by atoms with Crippen LogP contribution in [0.1, 0.15) is 33.2 Å². The van der Waals surface area contributed by atoms with Gasteiger partial charge in [-0.1, -0.05) is 66.2 Å². The molecule has 1 aromatic heterocycles. The van der Waals surface area contributed by atoms with Crippen LogP contribution in [0.15, 0.2) is 88.8 Å². The molecule has 3 aromatic carbocycles. The van der Waals surface area contributed by atoms with E-state index in [1.165, 1.54) is 6.21 Å². The number of nitrogens with zero attached hydrogens (tertiary/aromatic N) is 2. The van der Waals surface area contributed by atoms with Crippen LogP contribution in [0.2, 0.25) is 0 Å². The van der Waals surface area contributed by atoms with E-state index in [1.54, 1.807) is 54.6 Å². The molecule has 2 amide bonds. The van der Waals surface area contributed by atoms with Crippen LogP contribution in [0, 0.1) is 6.92 Å². The maximum absolute atomic E-state index is 13.1. The molecule has 3 N–H and O–H groups in total. The zero-order chi connectivity index (χ0) is 23.2. The number of fused-ring (bicyclic) bond motifs is 1. The van der Waals surface area contributed by atoms with Gasteiger partial charge in [0, 0.05) is 10.9 Å². The summed E-state index contributed by atoms with van der Waals surface area (Å²) in [5.41, 5.74) is 4.54. The first-order valence-electron chi connectivity index (χ1n) is 10.3. The molecule has 0 saturated heterocycles. The van der Waals surface area contributed by atoms with Crippen LogP contribution in [0.4, 0.5) is 0 Å². The molecule has 0 saturated carbocycles. The number of benzene rings is 3. The topological polar surface area (TPSA) is 116 Å². The lowest BCUT2D eigenvalue weighted by Gasteiger charge is -2.18. The third-order valence-corrected chi connectivity index (χ3v) is 5.00. The predicted molar refractivity (Wildman–Crippen MR) is 126 cm³/mol. The molecule has 8 nitrogen and oxygen atoms in total. The van der Waals surface area contributed by atoms with Crippen LogP contribution in [0.25, 0.3) is 10.8 Å². The van der Waals surface area contributed by atoms with Gasteiger partial charge in [0.2, 0.25) is 0 Å². The highest BCUT2D eigenvalue weighted by atomic mass is 16.2. The highest BCUT2D eigenvalue weighted by Gasteiger charge is 2.27. The number of aryl methyl sites for hydroxylation is 1. The number of hydrogen-bond acceptors (Lipinski definition) is 5. The minimum atomic E-state index is -1.20. The van der Waals surface area contributed by atoms with Gasteiger partial charge in [0.05, 0.1) is 11.6 Å². The molecule has 0 radical (unpaired) electrons. The van der Waals surface area contributed by atoms with Gasteiger partial charge >= 0.3 is 0 Å². The van der Waals surface area contributed by atoms with Crippen LogP contribution >= 0.6 is 0 Å². The Bertz CT molecular complexity index is 1400. The maximum Gasteiger partial charge on any atom is 0.272 e. The maximum atomic E-state index is 13.1. The molecule has 1 heterocycles. The van der Waals surface area contributed by atoms with Crippen molar-refractivity contribution in [3.8, 4) is 0 Å². The molecule has 8 heteroatoms. The molecule has 0 bridgehead atoms. The third kappa shape index (κ3) is 5.01. The molecule has 0 aliphatic rings. The van der Waals surface area contributed by atoms with Crippen molar-refractivity contribution in [1.82, 2.24) is 20.9 Å². The second-order valence-corrected chi connectivity index (χ2v) is 7.40. The fourth-order valence-corrected chi connectivity index (χ4v) is 3.40. The minimum absolute atomic E-state index is 0.206. The molecule has 33 heavy (non-hydrogen) atoms. The molecule has 0 aliphatic heterocycles. The molecule has 4 aromatic rings. The van der Waals surface area contributed by atoms with Crippen molar-refractivity contribution in [2.75, 3.05) is 0 Å². The number of aromatic nitrogens is 2. The molecular formula is C25H21N5O3. The van der Waals surface area contributed by atoms with Crippen LogP contribution in [-0.2, 0) is 4.79 Å². The molecule has 1 unspecified atom stereocenters. The molecule has 0 fully saturated rings. The van der Waals surface area contributed by atoms with Crippen LogP contribution < -0.4 is 16.3 Å². The van der Waals surface area contributed by atoms with E-state index in [4.69, 9.17) is 0 Å². The summed E-state index contributed by atoms with van der Waals surface area (Å²) in [5, 5.41) is 14.0. The van der Waals surface area contributed by atoms with Crippen molar-refractivity contribution in [2.45, 2.75) is 13.0 Å². The Hall–Kier alpha value is -4.59. The number of rotatable bonds is 6. The smallest absolute Gasteiger partial charge is 0.272 e. The van der Waals surface area contributed by atoms with Crippen molar-refractivity contribution in [2.24, 2.45) is 5.10 Å². The van der Waals surface area contributed by atoms with Gasteiger partial charge in [-0.15, -0.1) is 0 Å². The number of aromatic amines is 1. The highest BCUT2D eigenvalue weighted by molar-refractivity contribution is 5.99. The van der Waals surface area contributed by atoms with E-state index in [0.29, 0.717) is 16.3 Å². The number of carbonyl (C=O) groups excluding carboxylic acids is 2. The summed E-state index contributed by atoms with van der Waals surface area (Å²) < 4.78 is 0. The van der Waals surface area contributed by atoms with E-state index < -0.39 is 17.9 Å². The van der Waals surface area contributed by atoms with Gasteiger partial charge in [0.15, 0.2) is 6.04 Å². The van der Waals surface area contributed by atoms with Gasteiger partial charge in [0.25, 0.3) is 17.4 Å². The SMILES string of the molecule is Cc1cccc(C=NNC(=O)C(NC(=O)c2ccccc2)c2n[nH]c(=O)c3ccccc23)c1. The van der Waals surface area contributed by atoms with Crippen LogP contribution in [0.5, 0.6) is 0 Å². The van der Waals surface area contributed by atoms with E-state index in [9.17, 15) is 14.4 Å². The van der Waals surface area contributed by atoms with Crippen molar-refractivity contribution in [3.05, 3.63) is 112 Å². The standard InChI is InChI=1S/C25H21N5O3/c1-16-8-7-9-17(14-16)15-26-29-25(33)22(27-23(31)18-10-3-2-4-11-18)21-19-12-5-6-13-20(19)24(32)30-28-21/h2-15,22H,1H3,(H,27,31)(H,29,33)(H,30,32). The average Bonchev–Trinajstić information content (AvgIpc) is 2.84. The summed E-state index contributed by atoms with van der Waals surface area (Å²) in [4.78, 5) is 38.2. The zero-order valence-corrected chi connectivity index (χ0v) is 17.8. The van der Waals surface area contributed by atoms with Crippen molar-refractivity contribution < 1.29 is 9.59 Å². The number of hydrazone groups is 1. The second kappa shape index (κ2) is 9.69. The highest BCUT2D eigenvalue weighted by Crippen LogP contribution is 2.20. The van der Waals surface area contributed by atoms with E-state index >= 15 is 0 Å². The van der Waals surface area contributed by atoms with Crippen molar-refractivity contribution in [1.29, 1.82) is 0 Å². The Morgan fingerprint density at radius 2 is 1.70 bits per heavy atom. The lowest BCUT2D eigenvalue weighted by atomic mass is 10.0. The van der Waals surface area contributed by atoms with E-state index in [0.717, 1.165) is 11.1 Å². The summed E-state index contributed by atoms with van der Waals surface area (Å²) in [6.45, 7) is 1.96. The molecule has 164 valence electrons. The van der Waals surface area contributed by atoms with E-state index in [-0.39, 0.29) is 11.3 Å². The summed E-state index contributed by atoms with van der Waals surface area (Å²) in [7, 11) is 0. The number of hydrogen-bond donors (Lipinski definition) is 3. The summed E-state index contributed by atoms with van der Waals surface area (Å²) in [6.07, 6.45) is 1.51. The number of carbonyl (C=O) groups is 2. The van der Waals surface area contributed by atoms with Gasteiger partial charge in [-0.25, -0.2) is 10.5 Å². The Balaban J connectivity index is 1.67. The summed E-state index contributed by atoms with van der Waals surface area (Å²) in [6, 6.07) is 21.7. The first kappa shape index (κ1) is 21.6. The van der Waals surface area contributed by atoms with Gasteiger partial charge in [0.1, 0.15) is 5.69 Å². The molecule has 1 atom stereocenters. The van der Waals surface area contributed by atoms with E-state index in [1.807, 2.05) is 31.2 Å². The third-order valence-electron chi connectivity index (χ3n) is 5.00. The lowest BCUT2D eigenvalue weighted by molar-refractivity contribution is -0.123.